The lowest BCUT2D eigenvalue weighted by Crippen LogP contribution is -2.55. The molecule has 0 aliphatic carbocycles. The minimum atomic E-state index is -0.986. The van der Waals surface area contributed by atoms with E-state index in [1.165, 1.54) is 32.5 Å². The lowest BCUT2D eigenvalue weighted by molar-refractivity contribution is -0.186. The molecule has 0 aromatic carbocycles. The lowest BCUT2D eigenvalue weighted by atomic mass is 10.1. The van der Waals surface area contributed by atoms with Crippen molar-refractivity contribution in [1.29, 1.82) is 0 Å². The van der Waals surface area contributed by atoms with Crippen LogP contribution in [-0.2, 0) is 35.1 Å². The Balaban J connectivity index is 2.31. The number of hydrogen-bond acceptors (Lipinski definition) is 10. The van der Waals surface area contributed by atoms with Crippen LogP contribution in [0.1, 0.15) is 26.5 Å². The Morgan fingerprint density at radius 3 is 2.28 bits per heavy atom. The maximum Gasteiger partial charge on any atom is 0.303 e. The molecule has 0 amide bonds. The fourth-order valence-corrected chi connectivity index (χ4v) is 4.09. The van der Waals surface area contributed by atoms with Gasteiger partial charge in [-0.3, -0.25) is 19.4 Å². The minimum absolute atomic E-state index is 0.309. The number of thioether (sulfide) groups is 1. The van der Waals surface area contributed by atoms with Crippen molar-refractivity contribution in [3.63, 3.8) is 0 Å². The van der Waals surface area contributed by atoms with Gasteiger partial charge in [-0.1, -0.05) is 0 Å². The number of aromatic nitrogens is 1. The molecule has 29 heavy (non-hydrogen) atoms. The lowest BCUT2D eigenvalue weighted by Gasteiger charge is -2.40. The predicted octanol–water partition coefficient (Wildman–Crippen LogP) is 1.39. The molecule has 1 aliphatic rings. The summed E-state index contributed by atoms with van der Waals surface area (Å²) >= 11 is 1.31. The summed E-state index contributed by atoms with van der Waals surface area (Å²) in [4.78, 5) is 41.1. The molecule has 9 nitrogen and oxygen atoms in total. The summed E-state index contributed by atoms with van der Waals surface area (Å²) in [6, 6.07) is 3.52. The predicted molar refractivity (Wildman–Crippen MR) is 105 cm³/mol. The van der Waals surface area contributed by atoms with Gasteiger partial charge in [0.25, 0.3) is 0 Å². The topological polar surface area (TPSA) is 104 Å². The summed E-state index contributed by atoms with van der Waals surface area (Å²) in [7, 11) is 3.83. The number of esters is 3. The van der Waals surface area contributed by atoms with Crippen LogP contribution in [0, 0.1) is 0 Å². The molecule has 2 rings (SSSR count). The SMILES string of the molecule is CC(=O)O[C@@H]1[C@@H](OC(C)=O)[C@H](OC(C)=O)CS[C@H]1Oc1cccnc1CN(C)C. The first-order valence-corrected chi connectivity index (χ1v) is 10.1. The third-order valence-corrected chi connectivity index (χ3v) is 5.08. The fraction of sp³-hybridized carbons (Fsp3) is 0.579. The van der Waals surface area contributed by atoms with E-state index in [-0.39, 0.29) is 0 Å². The second kappa shape index (κ2) is 10.4. The van der Waals surface area contributed by atoms with Crippen LogP contribution < -0.4 is 4.74 Å². The van der Waals surface area contributed by atoms with Crippen LogP contribution in [0.4, 0.5) is 0 Å². The molecule has 0 N–H and O–H groups in total. The molecule has 1 aromatic rings. The zero-order valence-electron chi connectivity index (χ0n) is 17.1. The van der Waals surface area contributed by atoms with E-state index in [4.69, 9.17) is 18.9 Å². The molecular formula is C19H26N2O7S. The summed E-state index contributed by atoms with van der Waals surface area (Å²) in [5.41, 5.74) is 0.0333. The third kappa shape index (κ3) is 6.90. The molecule has 1 saturated heterocycles. The molecule has 2 heterocycles. The first-order chi connectivity index (χ1) is 13.7. The Bertz CT molecular complexity index is 743. The van der Waals surface area contributed by atoms with E-state index in [9.17, 15) is 14.4 Å². The van der Waals surface area contributed by atoms with Crippen LogP contribution in [0.3, 0.4) is 0 Å². The van der Waals surface area contributed by atoms with Crippen molar-refractivity contribution >= 4 is 29.7 Å². The molecular weight excluding hydrogens is 400 g/mol. The maximum absolute atomic E-state index is 11.7. The van der Waals surface area contributed by atoms with Crippen molar-refractivity contribution < 1.29 is 33.3 Å². The van der Waals surface area contributed by atoms with Gasteiger partial charge in [-0.25, -0.2) is 0 Å². The zero-order valence-corrected chi connectivity index (χ0v) is 17.9. The Morgan fingerprint density at radius 2 is 1.69 bits per heavy atom. The van der Waals surface area contributed by atoms with Crippen LogP contribution >= 0.6 is 11.8 Å². The number of carbonyl (C=O) groups is 3. The van der Waals surface area contributed by atoms with Crippen LogP contribution in [0.2, 0.25) is 0 Å². The molecule has 160 valence electrons. The summed E-state index contributed by atoms with van der Waals surface area (Å²) in [5, 5.41) is 0. The summed E-state index contributed by atoms with van der Waals surface area (Å²) in [6.07, 6.45) is -1.05. The molecule has 4 atom stereocenters. The van der Waals surface area contributed by atoms with E-state index in [0.717, 1.165) is 0 Å². The quantitative estimate of drug-likeness (QED) is 0.469. The smallest absolute Gasteiger partial charge is 0.303 e. The van der Waals surface area contributed by atoms with Gasteiger partial charge in [-0.05, 0) is 26.2 Å². The van der Waals surface area contributed by atoms with Crippen LogP contribution in [-0.4, -0.2) is 71.4 Å². The van der Waals surface area contributed by atoms with E-state index < -0.39 is 41.7 Å². The standard InChI is InChI=1S/C19H26N2O7S/c1-11(22)25-16-10-29-19(18(27-13(3)24)17(16)26-12(2)23)28-15-7-6-8-20-14(15)9-21(4)5/h6-8,16-19H,9-10H2,1-5H3/t16-,17+,18-,19-/m1/s1. The van der Waals surface area contributed by atoms with Crippen molar-refractivity contribution in [1.82, 2.24) is 9.88 Å². The van der Waals surface area contributed by atoms with Gasteiger partial charge in [0.1, 0.15) is 5.75 Å². The highest BCUT2D eigenvalue weighted by atomic mass is 32.2. The average Bonchev–Trinajstić information content (AvgIpc) is 2.60. The number of carbonyl (C=O) groups excluding carboxylic acids is 3. The molecule has 0 unspecified atom stereocenters. The first-order valence-electron chi connectivity index (χ1n) is 9.06. The van der Waals surface area contributed by atoms with Gasteiger partial charge in [-0.2, -0.15) is 0 Å². The number of ether oxygens (including phenoxy) is 4. The summed E-state index contributed by atoms with van der Waals surface area (Å²) < 4.78 is 22.2. The van der Waals surface area contributed by atoms with E-state index in [1.807, 2.05) is 19.0 Å². The van der Waals surface area contributed by atoms with Gasteiger partial charge < -0.3 is 23.8 Å². The molecule has 0 bridgehead atoms. The van der Waals surface area contributed by atoms with Gasteiger partial charge >= 0.3 is 17.9 Å². The molecule has 0 spiro atoms. The number of pyridine rings is 1. The first kappa shape index (κ1) is 23.0. The fourth-order valence-electron chi connectivity index (χ4n) is 2.88. The highest BCUT2D eigenvalue weighted by molar-refractivity contribution is 7.99. The molecule has 1 fully saturated rings. The van der Waals surface area contributed by atoms with E-state index in [0.29, 0.717) is 23.7 Å². The normalized spacial score (nSPS) is 23.9. The molecule has 0 saturated carbocycles. The second-order valence-electron chi connectivity index (χ2n) is 6.80. The van der Waals surface area contributed by atoms with Gasteiger partial charge in [0.15, 0.2) is 23.7 Å². The van der Waals surface area contributed by atoms with Gasteiger partial charge in [0.05, 0.1) is 5.69 Å². The second-order valence-corrected chi connectivity index (χ2v) is 7.93. The van der Waals surface area contributed by atoms with Crippen molar-refractivity contribution in [2.75, 3.05) is 19.8 Å². The number of rotatable bonds is 7. The van der Waals surface area contributed by atoms with Crippen LogP contribution in [0.5, 0.6) is 5.75 Å². The monoisotopic (exact) mass is 426 g/mol. The Labute approximate surface area is 174 Å². The largest absolute Gasteiger partial charge is 0.474 e. The zero-order chi connectivity index (χ0) is 21.6. The van der Waals surface area contributed by atoms with Crippen molar-refractivity contribution in [2.24, 2.45) is 0 Å². The van der Waals surface area contributed by atoms with Crippen LogP contribution in [0.15, 0.2) is 18.3 Å². The van der Waals surface area contributed by atoms with Gasteiger partial charge in [-0.15, -0.1) is 11.8 Å². The van der Waals surface area contributed by atoms with Crippen molar-refractivity contribution in [3.8, 4) is 5.75 Å². The van der Waals surface area contributed by atoms with Crippen LogP contribution in [0.25, 0.3) is 0 Å². The molecule has 0 radical (unpaired) electrons. The highest BCUT2D eigenvalue weighted by Crippen LogP contribution is 2.35. The van der Waals surface area contributed by atoms with E-state index in [2.05, 4.69) is 4.98 Å². The molecule has 1 aliphatic heterocycles. The third-order valence-electron chi connectivity index (χ3n) is 3.86. The molecule has 1 aromatic heterocycles. The summed E-state index contributed by atoms with van der Waals surface area (Å²) in [6.45, 7) is 4.31. The summed E-state index contributed by atoms with van der Waals surface area (Å²) in [5.74, 6) is -0.824. The molecule has 10 heteroatoms. The highest BCUT2D eigenvalue weighted by Gasteiger charge is 2.47. The minimum Gasteiger partial charge on any atom is -0.474 e. The number of hydrogen-bond donors (Lipinski definition) is 0. The Hall–Kier alpha value is -2.33. The average molecular weight is 426 g/mol. The van der Waals surface area contributed by atoms with Gasteiger partial charge in [0.2, 0.25) is 0 Å². The van der Waals surface area contributed by atoms with Crippen molar-refractivity contribution in [3.05, 3.63) is 24.0 Å². The van der Waals surface area contributed by atoms with Crippen molar-refractivity contribution in [2.45, 2.75) is 51.1 Å². The van der Waals surface area contributed by atoms with E-state index in [1.54, 1.807) is 18.3 Å². The number of nitrogens with zero attached hydrogens (tertiary/aromatic N) is 2. The Kier molecular flexibility index (Phi) is 8.27. The van der Waals surface area contributed by atoms with E-state index >= 15 is 0 Å². The van der Waals surface area contributed by atoms with Gasteiger partial charge in [0, 0.05) is 39.3 Å². The Morgan fingerprint density at radius 1 is 1.07 bits per heavy atom. The maximum atomic E-state index is 11.7.